The number of hydrogen-bond donors (Lipinski definition) is 2. The Balaban J connectivity index is 1.15. The van der Waals surface area contributed by atoms with Crippen LogP contribution in [0.1, 0.15) is 17.9 Å². The molecule has 3 aromatic rings. The zero-order valence-electron chi connectivity index (χ0n) is 19.3. The maximum absolute atomic E-state index is 14.2. The molecule has 0 radical (unpaired) electrons. The molecule has 0 amide bonds. The molecule has 9 nitrogen and oxygen atoms in total. The first-order valence-corrected chi connectivity index (χ1v) is 12.1. The van der Waals surface area contributed by atoms with Crippen molar-refractivity contribution in [2.24, 2.45) is 11.7 Å². The number of nitrogens with zero attached hydrogens (tertiary/aromatic N) is 6. The van der Waals surface area contributed by atoms with Crippen molar-refractivity contribution < 1.29 is 18.6 Å². The summed E-state index contributed by atoms with van der Waals surface area (Å²) < 4.78 is 33.7. The van der Waals surface area contributed by atoms with E-state index in [1.807, 2.05) is 9.80 Å². The summed E-state index contributed by atoms with van der Waals surface area (Å²) in [7, 11) is 0. The smallest absolute Gasteiger partial charge is 0.225 e. The van der Waals surface area contributed by atoms with Crippen LogP contribution >= 0.6 is 11.6 Å². The summed E-state index contributed by atoms with van der Waals surface area (Å²) in [4.78, 5) is 20.9. The molecule has 2 saturated heterocycles. The minimum atomic E-state index is -0.607. The lowest BCUT2D eigenvalue weighted by Gasteiger charge is -2.35. The fourth-order valence-corrected chi connectivity index (χ4v) is 4.79. The second-order valence-electron chi connectivity index (χ2n) is 9.13. The van der Waals surface area contributed by atoms with Crippen molar-refractivity contribution in [3.05, 3.63) is 65.2 Å². The molecule has 2 aliphatic rings. The van der Waals surface area contributed by atoms with Crippen molar-refractivity contribution in [1.82, 2.24) is 19.9 Å². The van der Waals surface area contributed by atoms with Crippen LogP contribution in [0.25, 0.3) is 0 Å². The van der Waals surface area contributed by atoms with Crippen molar-refractivity contribution >= 4 is 23.5 Å². The Labute approximate surface area is 211 Å². The molecule has 0 spiro atoms. The average molecular weight is 518 g/mol. The number of aromatic nitrogens is 4. The summed E-state index contributed by atoms with van der Waals surface area (Å²) in [6, 6.07) is 3.03. The summed E-state index contributed by atoms with van der Waals surface area (Å²) in [6.45, 7) is 2.19. The zero-order valence-corrected chi connectivity index (χ0v) is 20.1. The summed E-state index contributed by atoms with van der Waals surface area (Å²) in [5.74, 6) is 0.0448. The molecule has 2 aromatic heterocycles. The first kappa shape index (κ1) is 24.5. The highest BCUT2D eigenvalue weighted by atomic mass is 35.5. The van der Waals surface area contributed by atoms with Gasteiger partial charge in [-0.05, 0) is 30.2 Å². The predicted molar refractivity (Wildman–Crippen MR) is 130 cm³/mol. The van der Waals surface area contributed by atoms with E-state index in [1.54, 1.807) is 12.4 Å². The van der Waals surface area contributed by atoms with Crippen molar-refractivity contribution in [2.75, 3.05) is 42.6 Å². The van der Waals surface area contributed by atoms with E-state index in [0.717, 1.165) is 12.1 Å². The van der Waals surface area contributed by atoms with Crippen LogP contribution in [0.3, 0.4) is 0 Å². The van der Waals surface area contributed by atoms with E-state index in [0.29, 0.717) is 61.9 Å². The van der Waals surface area contributed by atoms with Crippen LogP contribution in [-0.4, -0.2) is 70.0 Å². The Hall–Kier alpha value is -3.15. The Morgan fingerprint density at radius 1 is 1.00 bits per heavy atom. The van der Waals surface area contributed by atoms with Gasteiger partial charge in [-0.3, -0.25) is 0 Å². The van der Waals surface area contributed by atoms with Gasteiger partial charge in [0.1, 0.15) is 11.6 Å². The van der Waals surface area contributed by atoms with Gasteiger partial charge in [-0.2, -0.15) is 0 Å². The van der Waals surface area contributed by atoms with Crippen LogP contribution in [0.4, 0.5) is 20.7 Å². The van der Waals surface area contributed by atoms with Gasteiger partial charge in [0.15, 0.2) is 5.75 Å². The first-order chi connectivity index (χ1) is 17.4. The van der Waals surface area contributed by atoms with Gasteiger partial charge in [0.05, 0.1) is 42.5 Å². The SMILES string of the molecule is N[C@H]1CN(c2ncc(OC[C@@H]3CCN(c4ncc(Cl)cn4)C[C@H]3O)cn2)C[C@@H]1c1cc(F)ccc1F. The molecular formula is C24H26ClF2N7O2. The third-order valence-electron chi connectivity index (χ3n) is 6.70. The zero-order chi connectivity index (χ0) is 25.2. The molecule has 0 saturated carbocycles. The van der Waals surface area contributed by atoms with E-state index in [1.165, 1.54) is 18.5 Å². The number of piperidine rings is 1. The first-order valence-electron chi connectivity index (χ1n) is 11.7. The lowest BCUT2D eigenvalue weighted by Crippen LogP contribution is -2.46. The van der Waals surface area contributed by atoms with Crippen molar-refractivity contribution in [3.8, 4) is 5.75 Å². The van der Waals surface area contributed by atoms with Gasteiger partial charge in [-0.15, -0.1) is 0 Å². The highest BCUT2D eigenvalue weighted by molar-refractivity contribution is 6.30. The van der Waals surface area contributed by atoms with Gasteiger partial charge in [0, 0.05) is 44.1 Å². The Bertz CT molecular complexity index is 1190. The molecule has 0 aliphatic carbocycles. The minimum Gasteiger partial charge on any atom is -0.490 e. The quantitative estimate of drug-likeness (QED) is 0.508. The number of aliphatic hydroxyl groups excluding tert-OH is 1. The molecule has 1 aromatic carbocycles. The number of anilines is 2. The van der Waals surface area contributed by atoms with E-state index in [2.05, 4.69) is 19.9 Å². The molecule has 3 N–H and O–H groups in total. The summed E-state index contributed by atoms with van der Waals surface area (Å²) >= 11 is 5.84. The number of β-amino-alcohol motifs (C(OH)–C–C–N with tert-alkyl or cyclic N) is 1. The van der Waals surface area contributed by atoms with E-state index in [4.69, 9.17) is 22.1 Å². The topological polar surface area (TPSA) is 114 Å². The highest BCUT2D eigenvalue weighted by Gasteiger charge is 2.34. The molecule has 2 fully saturated rings. The molecule has 4 heterocycles. The molecule has 2 aliphatic heterocycles. The van der Waals surface area contributed by atoms with Crippen LogP contribution in [-0.2, 0) is 0 Å². The molecule has 0 bridgehead atoms. The van der Waals surface area contributed by atoms with E-state index in [-0.39, 0.29) is 23.4 Å². The number of benzene rings is 1. The van der Waals surface area contributed by atoms with Crippen LogP contribution in [0.15, 0.2) is 43.0 Å². The fourth-order valence-electron chi connectivity index (χ4n) is 4.70. The predicted octanol–water partition coefficient (Wildman–Crippen LogP) is 2.40. The van der Waals surface area contributed by atoms with Crippen molar-refractivity contribution in [3.63, 3.8) is 0 Å². The third kappa shape index (κ3) is 5.32. The summed E-state index contributed by atoms with van der Waals surface area (Å²) in [5, 5.41) is 11.1. The lowest BCUT2D eigenvalue weighted by molar-refractivity contribution is 0.0611. The second kappa shape index (κ2) is 10.5. The monoisotopic (exact) mass is 517 g/mol. The number of halogens is 3. The summed E-state index contributed by atoms with van der Waals surface area (Å²) in [5.41, 5.74) is 6.49. The van der Waals surface area contributed by atoms with Crippen LogP contribution < -0.4 is 20.3 Å². The highest BCUT2D eigenvalue weighted by Crippen LogP contribution is 2.31. The van der Waals surface area contributed by atoms with E-state index < -0.39 is 17.7 Å². The van der Waals surface area contributed by atoms with Gasteiger partial charge in [-0.1, -0.05) is 11.6 Å². The molecular weight excluding hydrogens is 492 g/mol. The normalized spacial score (nSPS) is 24.2. The van der Waals surface area contributed by atoms with Crippen molar-refractivity contribution in [2.45, 2.75) is 24.5 Å². The maximum atomic E-state index is 14.2. The Morgan fingerprint density at radius 2 is 1.69 bits per heavy atom. The fraction of sp³-hybridized carbons (Fsp3) is 0.417. The number of hydrogen-bond acceptors (Lipinski definition) is 9. The maximum Gasteiger partial charge on any atom is 0.225 e. The number of aliphatic hydroxyl groups is 1. The number of ether oxygens (including phenoxy) is 1. The number of nitrogens with two attached hydrogens (primary N) is 1. The Kier molecular flexibility index (Phi) is 7.13. The Morgan fingerprint density at radius 3 is 2.42 bits per heavy atom. The van der Waals surface area contributed by atoms with Crippen LogP contribution in [0.5, 0.6) is 5.75 Å². The molecule has 0 unspecified atom stereocenters. The average Bonchev–Trinajstić information content (AvgIpc) is 3.27. The van der Waals surface area contributed by atoms with Gasteiger partial charge in [-0.25, -0.2) is 28.7 Å². The van der Waals surface area contributed by atoms with Gasteiger partial charge >= 0.3 is 0 Å². The van der Waals surface area contributed by atoms with Crippen LogP contribution in [0, 0.1) is 17.6 Å². The van der Waals surface area contributed by atoms with E-state index >= 15 is 0 Å². The van der Waals surface area contributed by atoms with Crippen LogP contribution in [0.2, 0.25) is 5.02 Å². The molecule has 4 atom stereocenters. The lowest BCUT2D eigenvalue weighted by atomic mass is 9.94. The summed E-state index contributed by atoms with van der Waals surface area (Å²) in [6.07, 6.45) is 6.29. The van der Waals surface area contributed by atoms with Crippen molar-refractivity contribution in [1.29, 1.82) is 0 Å². The van der Waals surface area contributed by atoms with Gasteiger partial charge in [0.25, 0.3) is 0 Å². The van der Waals surface area contributed by atoms with E-state index in [9.17, 15) is 13.9 Å². The minimum absolute atomic E-state index is 0.0632. The number of rotatable bonds is 6. The van der Waals surface area contributed by atoms with Gasteiger partial charge < -0.3 is 25.4 Å². The second-order valence-corrected chi connectivity index (χ2v) is 9.57. The molecule has 12 heteroatoms. The molecule has 5 rings (SSSR count). The standard InChI is InChI=1S/C24H26ClF2N7O2/c25-15-6-29-23(30-7-15)33-4-3-14(22(35)12-33)13-36-17-8-31-24(32-9-17)34-10-19(21(28)11-34)18-5-16(26)1-2-20(18)27/h1-2,5-9,14,19,21-22,35H,3-4,10-13,28H2/t14-,19+,21-,22+/m0/s1. The third-order valence-corrected chi connectivity index (χ3v) is 6.89. The molecule has 36 heavy (non-hydrogen) atoms. The molecule has 190 valence electrons. The van der Waals surface area contributed by atoms with Gasteiger partial charge in [0.2, 0.25) is 11.9 Å². The largest absolute Gasteiger partial charge is 0.490 e.